The standard InChI is InChI=1S/C8H15BrN2/c9-8-4-7(8,5-10)2-1-3-11-6-8/h11H,1-6,10H2/t7-,8+/m1/s1. The van der Waals surface area contributed by atoms with Gasteiger partial charge in [-0.1, -0.05) is 15.9 Å². The van der Waals surface area contributed by atoms with Crippen LogP contribution in [0.5, 0.6) is 0 Å². The fraction of sp³-hybridized carbons (Fsp3) is 1.00. The number of nitrogens with two attached hydrogens (primary N) is 1. The molecule has 1 aliphatic heterocycles. The van der Waals surface area contributed by atoms with Crippen molar-refractivity contribution in [3.8, 4) is 0 Å². The minimum absolute atomic E-state index is 0.352. The Bertz CT molecular complexity index is 169. The van der Waals surface area contributed by atoms with Gasteiger partial charge in [0.1, 0.15) is 0 Å². The Morgan fingerprint density at radius 1 is 1.55 bits per heavy atom. The Kier molecular flexibility index (Phi) is 1.78. The summed E-state index contributed by atoms with van der Waals surface area (Å²) < 4.78 is 0.352. The number of alkyl halides is 1. The van der Waals surface area contributed by atoms with Gasteiger partial charge in [-0.05, 0) is 32.4 Å². The molecule has 2 nitrogen and oxygen atoms in total. The van der Waals surface area contributed by atoms with Gasteiger partial charge in [-0.25, -0.2) is 0 Å². The fourth-order valence-electron chi connectivity index (χ4n) is 2.25. The van der Waals surface area contributed by atoms with Crippen LogP contribution in [-0.2, 0) is 0 Å². The van der Waals surface area contributed by atoms with E-state index in [-0.39, 0.29) is 0 Å². The molecule has 1 aliphatic carbocycles. The van der Waals surface area contributed by atoms with Crippen molar-refractivity contribution < 1.29 is 0 Å². The third-order valence-electron chi connectivity index (χ3n) is 3.25. The van der Waals surface area contributed by atoms with E-state index >= 15 is 0 Å². The molecule has 1 saturated heterocycles. The number of halogens is 1. The Morgan fingerprint density at radius 3 is 3.09 bits per heavy atom. The SMILES string of the molecule is NC[C@]12CCCNC[C@@]1(Br)C2. The zero-order chi connectivity index (χ0) is 7.95. The van der Waals surface area contributed by atoms with E-state index < -0.39 is 0 Å². The summed E-state index contributed by atoms with van der Waals surface area (Å²) in [5.74, 6) is 0. The summed E-state index contributed by atoms with van der Waals surface area (Å²) in [5, 5.41) is 3.44. The van der Waals surface area contributed by atoms with Gasteiger partial charge in [0.15, 0.2) is 0 Å². The van der Waals surface area contributed by atoms with Crippen molar-refractivity contribution in [2.75, 3.05) is 19.6 Å². The lowest BCUT2D eigenvalue weighted by atomic mass is 9.98. The van der Waals surface area contributed by atoms with Crippen LogP contribution in [-0.4, -0.2) is 24.0 Å². The van der Waals surface area contributed by atoms with E-state index in [1.807, 2.05) is 0 Å². The van der Waals surface area contributed by atoms with E-state index in [4.69, 9.17) is 5.73 Å². The van der Waals surface area contributed by atoms with Crippen LogP contribution in [0, 0.1) is 5.41 Å². The van der Waals surface area contributed by atoms with E-state index in [0.29, 0.717) is 9.74 Å². The highest BCUT2D eigenvalue weighted by atomic mass is 79.9. The van der Waals surface area contributed by atoms with Gasteiger partial charge in [-0.3, -0.25) is 0 Å². The molecule has 2 atom stereocenters. The van der Waals surface area contributed by atoms with E-state index in [2.05, 4.69) is 21.2 Å². The number of hydrogen-bond donors (Lipinski definition) is 2. The predicted octanol–water partition coefficient (Wildman–Crippen LogP) is 0.852. The van der Waals surface area contributed by atoms with E-state index in [0.717, 1.165) is 19.6 Å². The van der Waals surface area contributed by atoms with Crippen molar-refractivity contribution >= 4 is 15.9 Å². The van der Waals surface area contributed by atoms with E-state index in [1.165, 1.54) is 19.3 Å². The van der Waals surface area contributed by atoms with Crippen LogP contribution in [0.2, 0.25) is 0 Å². The van der Waals surface area contributed by atoms with Gasteiger partial charge in [0.05, 0.1) is 0 Å². The topological polar surface area (TPSA) is 38.0 Å². The van der Waals surface area contributed by atoms with Crippen molar-refractivity contribution in [1.29, 1.82) is 0 Å². The third-order valence-corrected chi connectivity index (χ3v) is 4.65. The zero-order valence-electron chi connectivity index (χ0n) is 6.70. The molecule has 0 unspecified atom stereocenters. The summed E-state index contributed by atoms with van der Waals surface area (Å²) in [4.78, 5) is 0. The highest BCUT2D eigenvalue weighted by Crippen LogP contribution is 2.64. The van der Waals surface area contributed by atoms with Gasteiger partial charge < -0.3 is 11.1 Å². The molecule has 0 bridgehead atoms. The lowest BCUT2D eigenvalue weighted by Gasteiger charge is -2.15. The third kappa shape index (κ3) is 1.05. The lowest BCUT2D eigenvalue weighted by molar-refractivity contribution is 0.458. The first kappa shape index (κ1) is 8.02. The molecule has 0 radical (unpaired) electrons. The first-order chi connectivity index (χ1) is 5.22. The first-order valence-electron chi connectivity index (χ1n) is 4.32. The second kappa shape index (κ2) is 2.44. The Hall–Kier alpha value is 0.400. The van der Waals surface area contributed by atoms with Crippen molar-refractivity contribution in [3.63, 3.8) is 0 Å². The molecule has 11 heavy (non-hydrogen) atoms. The van der Waals surface area contributed by atoms with Gasteiger partial charge in [0.25, 0.3) is 0 Å². The minimum Gasteiger partial charge on any atom is -0.330 e. The summed E-state index contributed by atoms with van der Waals surface area (Å²) in [6.07, 6.45) is 3.84. The molecule has 64 valence electrons. The van der Waals surface area contributed by atoms with Gasteiger partial charge in [0.2, 0.25) is 0 Å². The highest BCUT2D eigenvalue weighted by molar-refractivity contribution is 9.10. The molecular weight excluding hydrogens is 204 g/mol. The highest BCUT2D eigenvalue weighted by Gasteiger charge is 2.64. The van der Waals surface area contributed by atoms with Crippen molar-refractivity contribution in [2.45, 2.75) is 23.6 Å². The van der Waals surface area contributed by atoms with E-state index in [1.54, 1.807) is 0 Å². The maximum Gasteiger partial charge on any atom is 0.0457 e. The summed E-state index contributed by atoms with van der Waals surface area (Å²) in [6, 6.07) is 0. The number of hydrogen-bond acceptors (Lipinski definition) is 2. The molecular formula is C8H15BrN2. The van der Waals surface area contributed by atoms with Gasteiger partial charge >= 0.3 is 0 Å². The molecule has 1 saturated carbocycles. The monoisotopic (exact) mass is 218 g/mol. The second-order valence-corrected chi connectivity index (χ2v) is 5.42. The molecule has 0 spiro atoms. The molecule has 2 rings (SSSR count). The number of nitrogens with one attached hydrogen (secondary N) is 1. The van der Waals surface area contributed by atoms with Crippen LogP contribution in [0.3, 0.4) is 0 Å². The van der Waals surface area contributed by atoms with Crippen LogP contribution in [0.4, 0.5) is 0 Å². The Balaban J connectivity index is 2.11. The van der Waals surface area contributed by atoms with Crippen LogP contribution < -0.4 is 11.1 Å². The van der Waals surface area contributed by atoms with Gasteiger partial charge in [-0.15, -0.1) is 0 Å². The molecule has 2 fully saturated rings. The van der Waals surface area contributed by atoms with Crippen molar-refractivity contribution in [3.05, 3.63) is 0 Å². The molecule has 3 N–H and O–H groups in total. The Morgan fingerprint density at radius 2 is 2.36 bits per heavy atom. The average molecular weight is 219 g/mol. The molecule has 2 aliphatic rings. The summed E-state index contributed by atoms with van der Waals surface area (Å²) in [6.45, 7) is 3.11. The second-order valence-electron chi connectivity index (χ2n) is 3.91. The fourth-order valence-corrected chi connectivity index (χ4v) is 3.35. The van der Waals surface area contributed by atoms with E-state index in [9.17, 15) is 0 Å². The number of rotatable bonds is 1. The zero-order valence-corrected chi connectivity index (χ0v) is 8.28. The molecule has 0 aromatic carbocycles. The molecule has 1 heterocycles. The largest absolute Gasteiger partial charge is 0.330 e. The summed E-state index contributed by atoms with van der Waals surface area (Å²) in [7, 11) is 0. The van der Waals surface area contributed by atoms with Crippen LogP contribution in [0.25, 0.3) is 0 Å². The smallest absolute Gasteiger partial charge is 0.0457 e. The maximum absolute atomic E-state index is 5.78. The quantitative estimate of drug-likeness (QED) is 0.641. The normalized spacial score (nSPS) is 49.6. The van der Waals surface area contributed by atoms with Gasteiger partial charge in [-0.2, -0.15) is 0 Å². The molecule has 0 aromatic rings. The van der Waals surface area contributed by atoms with Gasteiger partial charge in [0, 0.05) is 16.3 Å². The van der Waals surface area contributed by atoms with Crippen LogP contribution in [0.1, 0.15) is 19.3 Å². The summed E-state index contributed by atoms with van der Waals surface area (Å²) >= 11 is 3.79. The summed E-state index contributed by atoms with van der Waals surface area (Å²) in [5.41, 5.74) is 6.22. The lowest BCUT2D eigenvalue weighted by Crippen LogP contribution is -2.29. The number of fused-ring (bicyclic) bond motifs is 1. The first-order valence-corrected chi connectivity index (χ1v) is 5.12. The minimum atomic E-state index is 0.352. The predicted molar refractivity (Wildman–Crippen MR) is 49.9 cm³/mol. The van der Waals surface area contributed by atoms with Crippen LogP contribution in [0.15, 0.2) is 0 Å². The molecule has 0 amide bonds. The average Bonchev–Trinajstić information content (AvgIpc) is 2.57. The van der Waals surface area contributed by atoms with Crippen molar-refractivity contribution in [2.24, 2.45) is 11.1 Å². The van der Waals surface area contributed by atoms with Crippen molar-refractivity contribution in [1.82, 2.24) is 5.32 Å². The Labute approximate surface area is 76.0 Å². The maximum atomic E-state index is 5.78. The molecule has 0 aromatic heterocycles. The molecule has 3 heteroatoms. The van der Waals surface area contributed by atoms with Crippen LogP contribution >= 0.6 is 15.9 Å².